The summed E-state index contributed by atoms with van der Waals surface area (Å²) in [6, 6.07) is 9.76. The van der Waals surface area contributed by atoms with Gasteiger partial charge >= 0.3 is 0 Å². The van der Waals surface area contributed by atoms with E-state index in [1.807, 2.05) is 0 Å². The van der Waals surface area contributed by atoms with Gasteiger partial charge in [0.25, 0.3) is 0 Å². The quantitative estimate of drug-likeness (QED) is 0.845. The molecule has 2 N–H and O–H groups in total. The number of anilines is 1. The highest BCUT2D eigenvalue weighted by atomic mass is 15.2. The van der Waals surface area contributed by atoms with Gasteiger partial charge in [0.15, 0.2) is 0 Å². The zero-order valence-corrected chi connectivity index (χ0v) is 12.7. The van der Waals surface area contributed by atoms with Gasteiger partial charge in [-0.3, -0.25) is 0 Å². The van der Waals surface area contributed by atoms with Gasteiger partial charge in [-0.15, -0.1) is 0 Å². The van der Waals surface area contributed by atoms with Crippen LogP contribution in [0.15, 0.2) is 24.3 Å². The van der Waals surface area contributed by atoms with Gasteiger partial charge < -0.3 is 10.6 Å². The number of rotatable bonds is 3. The van der Waals surface area contributed by atoms with E-state index in [0.29, 0.717) is 5.92 Å². The topological polar surface area (TPSA) is 29.3 Å². The van der Waals surface area contributed by atoms with Crippen molar-refractivity contribution in [3.8, 4) is 0 Å². The van der Waals surface area contributed by atoms with Crippen LogP contribution in [0, 0.1) is 5.92 Å². The van der Waals surface area contributed by atoms with Crippen LogP contribution in [0.4, 0.5) is 5.69 Å². The van der Waals surface area contributed by atoms with Gasteiger partial charge in [0.2, 0.25) is 0 Å². The van der Waals surface area contributed by atoms with Gasteiger partial charge in [0.1, 0.15) is 0 Å². The molecule has 1 aromatic carbocycles. The fourth-order valence-electron chi connectivity index (χ4n) is 4.10. The van der Waals surface area contributed by atoms with E-state index in [9.17, 15) is 0 Å². The van der Waals surface area contributed by atoms with Crippen molar-refractivity contribution >= 4 is 5.69 Å². The third-order valence-electron chi connectivity index (χ3n) is 5.29. The lowest BCUT2D eigenvalue weighted by Gasteiger charge is -2.30. The van der Waals surface area contributed by atoms with Gasteiger partial charge in [0.05, 0.1) is 0 Å². The Balaban J connectivity index is 1.80. The van der Waals surface area contributed by atoms with Crippen molar-refractivity contribution in [2.24, 2.45) is 11.7 Å². The van der Waals surface area contributed by atoms with E-state index < -0.39 is 0 Å². The summed E-state index contributed by atoms with van der Waals surface area (Å²) in [6.07, 6.45) is 8.06. The van der Waals surface area contributed by atoms with Gasteiger partial charge in [0, 0.05) is 24.2 Å². The first-order chi connectivity index (χ1) is 9.79. The number of benzene rings is 1. The Morgan fingerprint density at radius 1 is 1.15 bits per heavy atom. The normalized spacial score (nSPS) is 30.1. The molecule has 3 atom stereocenters. The number of fused-ring (bicyclic) bond motifs is 1. The van der Waals surface area contributed by atoms with E-state index in [1.165, 1.54) is 49.9 Å². The van der Waals surface area contributed by atoms with Crippen LogP contribution < -0.4 is 10.6 Å². The van der Waals surface area contributed by atoms with Crippen LogP contribution in [0.1, 0.15) is 56.9 Å². The maximum absolute atomic E-state index is 5.81. The number of nitrogens with zero attached hydrogens (tertiary/aromatic N) is 1. The lowest BCUT2D eigenvalue weighted by atomic mass is 9.98. The Bertz CT molecular complexity index is 443. The van der Waals surface area contributed by atoms with Crippen LogP contribution in [0.25, 0.3) is 0 Å². The Morgan fingerprint density at radius 2 is 2.00 bits per heavy atom. The summed E-state index contributed by atoms with van der Waals surface area (Å²) in [5, 5.41) is 0. The molecule has 1 fully saturated rings. The zero-order valence-electron chi connectivity index (χ0n) is 12.7. The molecule has 0 spiro atoms. The molecular formula is C18H28N2. The fourth-order valence-corrected chi connectivity index (χ4v) is 4.10. The average molecular weight is 272 g/mol. The maximum Gasteiger partial charge on any atom is 0.0405 e. The molecule has 2 nitrogen and oxygen atoms in total. The van der Waals surface area contributed by atoms with Gasteiger partial charge in [-0.05, 0) is 49.8 Å². The first-order valence-corrected chi connectivity index (χ1v) is 8.35. The minimum Gasteiger partial charge on any atom is -0.368 e. The molecule has 0 bridgehead atoms. The SMILES string of the molecule is CC1CCCC(N2CC(CCN)c3ccccc32)CC1. The molecule has 0 radical (unpaired) electrons. The van der Waals surface area contributed by atoms with Crippen LogP contribution in [0.5, 0.6) is 0 Å². The second kappa shape index (κ2) is 6.17. The molecular weight excluding hydrogens is 244 g/mol. The van der Waals surface area contributed by atoms with Crippen LogP contribution in [0.3, 0.4) is 0 Å². The molecule has 3 unspecified atom stereocenters. The van der Waals surface area contributed by atoms with Gasteiger partial charge in [-0.1, -0.05) is 38.0 Å². The summed E-state index contributed by atoms with van der Waals surface area (Å²) < 4.78 is 0. The molecule has 0 aromatic heterocycles. The van der Waals surface area contributed by atoms with Gasteiger partial charge in [-0.25, -0.2) is 0 Å². The number of nitrogens with two attached hydrogens (primary N) is 1. The third-order valence-corrected chi connectivity index (χ3v) is 5.29. The largest absolute Gasteiger partial charge is 0.368 e. The number of hydrogen-bond acceptors (Lipinski definition) is 2. The van der Waals surface area contributed by atoms with Crippen LogP contribution >= 0.6 is 0 Å². The molecule has 1 aliphatic carbocycles. The van der Waals surface area contributed by atoms with Crippen molar-refractivity contribution in [1.29, 1.82) is 0 Å². The van der Waals surface area contributed by atoms with E-state index in [4.69, 9.17) is 5.73 Å². The van der Waals surface area contributed by atoms with Gasteiger partial charge in [-0.2, -0.15) is 0 Å². The summed E-state index contributed by atoms with van der Waals surface area (Å²) in [4.78, 5) is 2.70. The van der Waals surface area contributed by atoms with Crippen LogP contribution in [0.2, 0.25) is 0 Å². The summed E-state index contributed by atoms with van der Waals surface area (Å²) in [6.45, 7) is 4.40. The Kier molecular flexibility index (Phi) is 4.30. The van der Waals surface area contributed by atoms with Crippen molar-refractivity contribution in [2.45, 2.75) is 57.4 Å². The zero-order chi connectivity index (χ0) is 13.9. The van der Waals surface area contributed by atoms with Crippen molar-refractivity contribution in [2.75, 3.05) is 18.0 Å². The van der Waals surface area contributed by atoms with Crippen molar-refractivity contribution < 1.29 is 0 Å². The van der Waals surface area contributed by atoms with E-state index in [-0.39, 0.29) is 0 Å². The van der Waals surface area contributed by atoms with Crippen LogP contribution in [-0.4, -0.2) is 19.1 Å². The predicted octanol–water partition coefficient (Wildman–Crippen LogP) is 3.91. The van der Waals surface area contributed by atoms with Crippen molar-refractivity contribution in [3.63, 3.8) is 0 Å². The minimum atomic E-state index is 0.650. The molecule has 1 saturated carbocycles. The number of hydrogen-bond donors (Lipinski definition) is 1. The highest BCUT2D eigenvalue weighted by Gasteiger charge is 2.32. The van der Waals surface area contributed by atoms with Crippen molar-refractivity contribution in [3.05, 3.63) is 29.8 Å². The first kappa shape index (κ1) is 13.9. The summed E-state index contributed by atoms with van der Waals surface area (Å²) >= 11 is 0. The lowest BCUT2D eigenvalue weighted by Crippen LogP contribution is -2.34. The molecule has 20 heavy (non-hydrogen) atoms. The highest BCUT2D eigenvalue weighted by Crippen LogP contribution is 2.41. The number of para-hydroxylation sites is 1. The summed E-state index contributed by atoms with van der Waals surface area (Å²) in [5.41, 5.74) is 8.84. The molecule has 1 aliphatic heterocycles. The van der Waals surface area contributed by atoms with E-state index in [2.05, 4.69) is 36.1 Å². The van der Waals surface area contributed by atoms with E-state index in [0.717, 1.165) is 24.9 Å². The first-order valence-electron chi connectivity index (χ1n) is 8.35. The second-order valence-electron chi connectivity index (χ2n) is 6.75. The highest BCUT2D eigenvalue weighted by molar-refractivity contribution is 5.61. The molecule has 3 rings (SSSR count). The Labute approximate surface area is 123 Å². The predicted molar refractivity (Wildman–Crippen MR) is 86.2 cm³/mol. The maximum atomic E-state index is 5.81. The van der Waals surface area contributed by atoms with Crippen molar-refractivity contribution in [1.82, 2.24) is 0 Å². The Morgan fingerprint density at radius 3 is 2.85 bits per heavy atom. The summed E-state index contributed by atoms with van der Waals surface area (Å²) in [5.74, 6) is 1.56. The molecule has 2 aliphatic rings. The monoisotopic (exact) mass is 272 g/mol. The smallest absolute Gasteiger partial charge is 0.0405 e. The molecule has 110 valence electrons. The second-order valence-corrected chi connectivity index (χ2v) is 6.75. The summed E-state index contributed by atoms with van der Waals surface area (Å²) in [7, 11) is 0. The Hall–Kier alpha value is -1.02. The third kappa shape index (κ3) is 2.71. The van der Waals surface area contributed by atoms with Crippen LogP contribution in [-0.2, 0) is 0 Å². The average Bonchev–Trinajstić information content (AvgIpc) is 2.68. The standard InChI is InChI=1S/C18H28N2/c1-14-5-4-6-16(10-9-14)20-13-15(11-12-19)17-7-2-3-8-18(17)20/h2-3,7-8,14-16H,4-6,9-13,19H2,1H3. The molecule has 0 saturated heterocycles. The molecule has 1 aromatic rings. The molecule has 0 amide bonds. The van der Waals surface area contributed by atoms with E-state index >= 15 is 0 Å². The minimum absolute atomic E-state index is 0.650. The van der Waals surface area contributed by atoms with E-state index in [1.54, 1.807) is 0 Å². The fraction of sp³-hybridized carbons (Fsp3) is 0.667. The molecule has 2 heteroatoms. The molecule has 1 heterocycles. The lowest BCUT2D eigenvalue weighted by molar-refractivity contribution is 0.486.